The van der Waals surface area contributed by atoms with Gasteiger partial charge in [0.15, 0.2) is 0 Å². The Labute approximate surface area is 115 Å². The molecule has 0 bridgehead atoms. The smallest absolute Gasteiger partial charge is 0.339 e. The van der Waals surface area contributed by atoms with E-state index in [9.17, 15) is 9.90 Å². The van der Waals surface area contributed by atoms with Crippen LogP contribution in [0.4, 0.5) is 0 Å². The molecule has 19 heavy (non-hydrogen) atoms. The average Bonchev–Trinajstić information content (AvgIpc) is 2.11. The van der Waals surface area contributed by atoms with Gasteiger partial charge in [-0.25, -0.2) is 9.68 Å². The summed E-state index contributed by atoms with van der Waals surface area (Å²) < 4.78 is 0. The molecule has 5 heteroatoms. The van der Waals surface area contributed by atoms with Gasteiger partial charge in [-0.05, 0) is 51.4 Å². The van der Waals surface area contributed by atoms with Crippen molar-refractivity contribution in [1.82, 2.24) is 0 Å². The highest BCUT2D eigenvalue weighted by Crippen LogP contribution is 2.46. The molecular weight excluding hydrogens is 248 g/mol. The largest absolute Gasteiger partial charge is 0.479 e. The number of carboxylic acid groups (broad SMARTS) is 1. The first kappa shape index (κ1) is 16.4. The van der Waals surface area contributed by atoms with Gasteiger partial charge in [0, 0.05) is 0 Å². The van der Waals surface area contributed by atoms with Crippen LogP contribution in [-0.4, -0.2) is 22.3 Å². The molecule has 0 radical (unpaired) electrons. The summed E-state index contributed by atoms with van der Waals surface area (Å²) in [7, 11) is 0. The Morgan fingerprint density at radius 3 is 2.26 bits per heavy atom. The summed E-state index contributed by atoms with van der Waals surface area (Å²) in [6, 6.07) is 0. The fraction of sp³-hybridized carbons (Fsp3) is 0.929. The Morgan fingerprint density at radius 1 is 1.26 bits per heavy atom. The molecule has 0 aliphatic heterocycles. The number of carbonyl (C=O) groups is 1. The van der Waals surface area contributed by atoms with Crippen LogP contribution < -0.4 is 0 Å². The van der Waals surface area contributed by atoms with Crippen LogP contribution in [0.25, 0.3) is 0 Å². The second-order valence-corrected chi connectivity index (χ2v) is 7.50. The van der Waals surface area contributed by atoms with Crippen LogP contribution in [0.5, 0.6) is 0 Å². The van der Waals surface area contributed by atoms with Crippen molar-refractivity contribution in [3.05, 3.63) is 0 Å². The van der Waals surface area contributed by atoms with Crippen molar-refractivity contribution in [3.8, 4) is 0 Å². The Bertz CT molecular complexity index is 331. The molecule has 1 saturated carbocycles. The summed E-state index contributed by atoms with van der Waals surface area (Å²) in [5.41, 5.74) is -1.97. The lowest BCUT2D eigenvalue weighted by molar-refractivity contribution is -0.564. The summed E-state index contributed by atoms with van der Waals surface area (Å²) in [6.45, 7) is 11.5. The Hall–Kier alpha value is -0.650. The topological polar surface area (TPSA) is 65.0 Å². The van der Waals surface area contributed by atoms with Gasteiger partial charge in [-0.15, -0.1) is 0 Å². The summed E-state index contributed by atoms with van der Waals surface area (Å²) in [6.07, 6.45) is 1.82. The molecule has 0 saturated heterocycles. The quantitative estimate of drug-likeness (QED) is 0.629. The van der Waals surface area contributed by atoms with Crippen LogP contribution in [0.1, 0.15) is 60.8 Å². The lowest BCUT2D eigenvalue weighted by Gasteiger charge is -2.43. The first-order valence-corrected chi connectivity index (χ1v) is 6.73. The molecular formula is C14H26O5. The number of hydrogen-bond acceptors (Lipinski definition) is 4. The van der Waals surface area contributed by atoms with Crippen LogP contribution in [0.15, 0.2) is 0 Å². The van der Waals surface area contributed by atoms with E-state index in [1.807, 2.05) is 20.8 Å². The molecule has 2 unspecified atom stereocenters. The second kappa shape index (κ2) is 5.38. The SMILES string of the molecule is CC1CC(C)(C)CC(OOOC(C)(C)C)(C(=O)O)C1. The maximum absolute atomic E-state index is 11.6. The van der Waals surface area contributed by atoms with E-state index in [2.05, 4.69) is 0 Å². The van der Waals surface area contributed by atoms with E-state index >= 15 is 0 Å². The Morgan fingerprint density at radius 2 is 1.84 bits per heavy atom. The highest BCUT2D eigenvalue weighted by molar-refractivity contribution is 5.77. The van der Waals surface area contributed by atoms with Crippen LogP contribution in [0.2, 0.25) is 0 Å². The monoisotopic (exact) mass is 274 g/mol. The van der Waals surface area contributed by atoms with Crippen molar-refractivity contribution < 1.29 is 24.7 Å². The lowest BCUT2D eigenvalue weighted by Crippen LogP contribution is -2.50. The van der Waals surface area contributed by atoms with Crippen LogP contribution in [0.3, 0.4) is 0 Å². The minimum Gasteiger partial charge on any atom is -0.479 e. The van der Waals surface area contributed by atoms with Crippen molar-refractivity contribution in [2.75, 3.05) is 0 Å². The van der Waals surface area contributed by atoms with Crippen molar-refractivity contribution in [3.63, 3.8) is 0 Å². The van der Waals surface area contributed by atoms with Gasteiger partial charge < -0.3 is 5.11 Å². The van der Waals surface area contributed by atoms with Gasteiger partial charge in [0.25, 0.3) is 0 Å². The fourth-order valence-electron chi connectivity index (χ4n) is 2.94. The average molecular weight is 274 g/mol. The number of carboxylic acids is 1. The van der Waals surface area contributed by atoms with Crippen LogP contribution in [0, 0.1) is 11.3 Å². The molecule has 0 heterocycles. The third kappa shape index (κ3) is 4.75. The number of rotatable bonds is 4. The standard InChI is InChI=1S/C14H26O5/c1-10-7-13(5,6)9-14(8-10,11(15)16)18-19-17-12(2,3)4/h10H,7-9H2,1-6H3,(H,15,16). The van der Waals surface area contributed by atoms with E-state index in [1.165, 1.54) is 0 Å². The van der Waals surface area contributed by atoms with E-state index in [1.54, 1.807) is 20.8 Å². The molecule has 1 rings (SSSR count). The van der Waals surface area contributed by atoms with Gasteiger partial charge in [-0.3, -0.25) is 0 Å². The molecule has 1 fully saturated rings. The normalized spacial score (nSPS) is 31.2. The maximum atomic E-state index is 11.6. The zero-order valence-electron chi connectivity index (χ0n) is 12.8. The summed E-state index contributed by atoms with van der Waals surface area (Å²) in [5, 5.41) is 14.3. The minimum atomic E-state index is -1.33. The van der Waals surface area contributed by atoms with Crippen molar-refractivity contribution >= 4 is 5.97 Å². The first-order valence-electron chi connectivity index (χ1n) is 6.73. The van der Waals surface area contributed by atoms with Gasteiger partial charge >= 0.3 is 5.97 Å². The van der Waals surface area contributed by atoms with Crippen molar-refractivity contribution in [2.45, 2.75) is 72.0 Å². The minimum absolute atomic E-state index is 0.0961. The molecule has 0 amide bonds. The molecule has 1 aliphatic carbocycles. The predicted octanol–water partition coefficient (Wildman–Crippen LogP) is 3.33. The third-order valence-corrected chi connectivity index (χ3v) is 3.21. The molecule has 0 spiro atoms. The molecule has 1 aliphatic rings. The van der Waals surface area contributed by atoms with Crippen molar-refractivity contribution in [1.29, 1.82) is 0 Å². The summed E-state index contributed by atoms with van der Waals surface area (Å²) in [4.78, 5) is 21.8. The highest BCUT2D eigenvalue weighted by atomic mass is 17.5. The van der Waals surface area contributed by atoms with Crippen LogP contribution >= 0.6 is 0 Å². The highest BCUT2D eigenvalue weighted by Gasteiger charge is 2.51. The summed E-state index contributed by atoms with van der Waals surface area (Å²) in [5.74, 6) is -0.734. The molecule has 0 aromatic rings. The molecule has 0 aromatic carbocycles. The molecule has 2 atom stereocenters. The zero-order chi connectivity index (χ0) is 14.9. The van der Waals surface area contributed by atoms with Gasteiger partial charge in [-0.1, -0.05) is 25.8 Å². The predicted molar refractivity (Wildman–Crippen MR) is 70.2 cm³/mol. The molecule has 0 aromatic heterocycles. The Kier molecular flexibility index (Phi) is 4.65. The zero-order valence-corrected chi connectivity index (χ0v) is 12.8. The number of aliphatic carboxylic acids is 1. The van der Waals surface area contributed by atoms with Gasteiger partial charge in [0.1, 0.15) is 0 Å². The van der Waals surface area contributed by atoms with Gasteiger partial charge in [-0.2, -0.15) is 4.89 Å². The fourth-order valence-corrected chi connectivity index (χ4v) is 2.94. The van der Waals surface area contributed by atoms with E-state index in [0.717, 1.165) is 6.42 Å². The summed E-state index contributed by atoms with van der Waals surface area (Å²) >= 11 is 0. The molecule has 5 nitrogen and oxygen atoms in total. The molecule has 1 N–H and O–H groups in total. The van der Waals surface area contributed by atoms with E-state index in [0.29, 0.717) is 12.8 Å². The second-order valence-electron chi connectivity index (χ2n) is 7.50. The van der Waals surface area contributed by atoms with Gasteiger partial charge in [0.2, 0.25) is 5.60 Å². The van der Waals surface area contributed by atoms with Crippen LogP contribution in [-0.2, 0) is 19.6 Å². The van der Waals surface area contributed by atoms with Crippen molar-refractivity contribution in [2.24, 2.45) is 11.3 Å². The van der Waals surface area contributed by atoms with Gasteiger partial charge in [0.05, 0.1) is 5.60 Å². The van der Waals surface area contributed by atoms with E-state index in [4.69, 9.17) is 14.8 Å². The molecule has 112 valence electrons. The lowest BCUT2D eigenvalue weighted by atomic mass is 9.66. The van der Waals surface area contributed by atoms with E-state index in [-0.39, 0.29) is 11.3 Å². The maximum Gasteiger partial charge on any atom is 0.339 e. The Balaban J connectivity index is 2.77. The first-order chi connectivity index (χ1) is 8.46. The third-order valence-electron chi connectivity index (χ3n) is 3.21. The van der Waals surface area contributed by atoms with E-state index < -0.39 is 17.2 Å². The number of hydrogen-bond donors (Lipinski definition) is 1.